The molecule has 1 aromatic rings. The van der Waals surface area contributed by atoms with Crippen LogP contribution in [0.3, 0.4) is 0 Å². The van der Waals surface area contributed by atoms with Crippen LogP contribution in [-0.2, 0) is 0 Å². The smallest absolute Gasteiger partial charge is 0.0223 e. The molecule has 16 heavy (non-hydrogen) atoms. The summed E-state index contributed by atoms with van der Waals surface area (Å²) in [4.78, 5) is 1.47. The lowest BCUT2D eigenvalue weighted by atomic mass is 10.0. The first-order valence-electron chi connectivity index (χ1n) is 5.90. The Bertz CT molecular complexity index is 329. The van der Waals surface area contributed by atoms with E-state index >= 15 is 0 Å². The highest BCUT2D eigenvalue weighted by molar-refractivity contribution is 7.99. The molecule has 1 atom stereocenters. The van der Waals surface area contributed by atoms with Gasteiger partial charge in [0.1, 0.15) is 0 Å². The maximum Gasteiger partial charge on any atom is 0.0223 e. The predicted octanol–water partition coefficient (Wildman–Crippen LogP) is 3.48. The minimum absolute atomic E-state index is 0.692. The van der Waals surface area contributed by atoms with Gasteiger partial charge in [-0.2, -0.15) is 0 Å². The van der Waals surface area contributed by atoms with Crippen molar-refractivity contribution in [3.63, 3.8) is 0 Å². The summed E-state index contributed by atoms with van der Waals surface area (Å²) in [6, 6.07) is 8.77. The number of hydrogen-bond acceptors (Lipinski definition) is 2. The SMILES string of the molecule is ClCCCCNCC1CSc2ccccc21. The Morgan fingerprint density at radius 3 is 3.06 bits per heavy atom. The molecule has 0 saturated carbocycles. The van der Waals surface area contributed by atoms with Crippen molar-refractivity contribution in [1.82, 2.24) is 5.32 Å². The molecule has 1 unspecified atom stereocenters. The Kier molecular flexibility index (Phi) is 5.01. The number of rotatable bonds is 6. The van der Waals surface area contributed by atoms with Crippen LogP contribution in [0.4, 0.5) is 0 Å². The molecular weight excluding hydrogens is 238 g/mol. The lowest BCUT2D eigenvalue weighted by Crippen LogP contribution is -2.22. The maximum absolute atomic E-state index is 5.64. The normalized spacial score (nSPS) is 18.7. The third kappa shape index (κ3) is 3.16. The molecule has 1 aliphatic rings. The van der Waals surface area contributed by atoms with Crippen LogP contribution in [0.2, 0.25) is 0 Å². The summed E-state index contributed by atoms with van der Waals surface area (Å²) in [5.74, 6) is 2.70. The molecule has 2 rings (SSSR count). The van der Waals surface area contributed by atoms with Gasteiger partial charge in [-0.25, -0.2) is 0 Å². The van der Waals surface area contributed by atoms with Crippen molar-refractivity contribution in [2.75, 3.05) is 24.7 Å². The first-order chi connectivity index (χ1) is 7.92. The largest absolute Gasteiger partial charge is 0.316 e. The van der Waals surface area contributed by atoms with E-state index in [1.807, 2.05) is 11.8 Å². The molecule has 0 bridgehead atoms. The van der Waals surface area contributed by atoms with Crippen LogP contribution >= 0.6 is 23.4 Å². The van der Waals surface area contributed by atoms with E-state index in [1.165, 1.54) is 22.6 Å². The molecule has 1 nitrogen and oxygen atoms in total. The highest BCUT2D eigenvalue weighted by Crippen LogP contribution is 2.38. The topological polar surface area (TPSA) is 12.0 Å². The van der Waals surface area contributed by atoms with Gasteiger partial charge in [0, 0.05) is 29.0 Å². The Morgan fingerprint density at radius 2 is 2.19 bits per heavy atom. The molecule has 0 amide bonds. The van der Waals surface area contributed by atoms with Gasteiger partial charge in [-0.1, -0.05) is 18.2 Å². The van der Waals surface area contributed by atoms with Gasteiger partial charge in [0.05, 0.1) is 0 Å². The van der Waals surface area contributed by atoms with Crippen molar-refractivity contribution in [2.45, 2.75) is 23.7 Å². The van der Waals surface area contributed by atoms with Crippen molar-refractivity contribution in [2.24, 2.45) is 0 Å². The van der Waals surface area contributed by atoms with Crippen molar-refractivity contribution < 1.29 is 0 Å². The molecule has 0 spiro atoms. The summed E-state index contributed by atoms with van der Waals surface area (Å²) in [5, 5.41) is 3.53. The minimum Gasteiger partial charge on any atom is -0.316 e. The molecule has 1 aromatic carbocycles. The van der Waals surface area contributed by atoms with Crippen LogP contribution in [0.1, 0.15) is 24.3 Å². The van der Waals surface area contributed by atoms with E-state index in [0.29, 0.717) is 5.92 Å². The van der Waals surface area contributed by atoms with E-state index in [1.54, 1.807) is 0 Å². The second-order valence-electron chi connectivity index (χ2n) is 4.15. The zero-order valence-corrected chi connectivity index (χ0v) is 11.0. The van der Waals surface area contributed by atoms with E-state index < -0.39 is 0 Å². The third-order valence-corrected chi connectivity index (χ3v) is 4.45. The lowest BCUT2D eigenvalue weighted by Gasteiger charge is -2.11. The fourth-order valence-corrected chi connectivity index (χ4v) is 3.46. The molecule has 0 saturated heterocycles. The first kappa shape index (κ1) is 12.3. The number of benzene rings is 1. The second-order valence-corrected chi connectivity index (χ2v) is 5.59. The zero-order chi connectivity index (χ0) is 11.2. The summed E-state index contributed by atoms with van der Waals surface area (Å²) in [5.41, 5.74) is 1.53. The molecule has 88 valence electrons. The number of fused-ring (bicyclic) bond motifs is 1. The van der Waals surface area contributed by atoms with Gasteiger partial charge in [0.25, 0.3) is 0 Å². The van der Waals surface area contributed by atoms with Gasteiger partial charge in [0.15, 0.2) is 0 Å². The van der Waals surface area contributed by atoms with Crippen molar-refractivity contribution in [3.8, 4) is 0 Å². The second kappa shape index (κ2) is 6.53. The molecule has 0 aromatic heterocycles. The quantitative estimate of drug-likeness (QED) is 0.617. The average molecular weight is 256 g/mol. The van der Waals surface area contributed by atoms with Crippen molar-refractivity contribution >= 4 is 23.4 Å². The molecule has 0 aliphatic carbocycles. The highest BCUT2D eigenvalue weighted by Gasteiger charge is 2.21. The number of halogens is 1. The summed E-state index contributed by atoms with van der Waals surface area (Å²) < 4.78 is 0. The van der Waals surface area contributed by atoms with Crippen LogP contribution in [0, 0.1) is 0 Å². The number of alkyl halides is 1. The van der Waals surface area contributed by atoms with Crippen LogP contribution < -0.4 is 5.32 Å². The first-order valence-corrected chi connectivity index (χ1v) is 7.42. The molecule has 0 fully saturated rings. The number of nitrogens with one attached hydrogen (secondary N) is 1. The Balaban J connectivity index is 1.76. The molecule has 1 N–H and O–H groups in total. The Hall–Kier alpha value is -0.180. The van der Waals surface area contributed by atoms with Crippen molar-refractivity contribution in [3.05, 3.63) is 29.8 Å². The average Bonchev–Trinajstić information content (AvgIpc) is 2.73. The van der Waals surface area contributed by atoms with Gasteiger partial charge in [-0.05, 0) is 31.0 Å². The van der Waals surface area contributed by atoms with Gasteiger partial charge in [-0.3, -0.25) is 0 Å². The number of thioether (sulfide) groups is 1. The molecular formula is C13H18ClNS. The van der Waals surface area contributed by atoms with Gasteiger partial charge in [-0.15, -0.1) is 23.4 Å². The molecule has 0 radical (unpaired) electrons. The standard InChI is InChI=1S/C13H18ClNS/c14-7-3-4-8-15-9-11-10-16-13-6-2-1-5-12(11)13/h1-2,5-6,11,15H,3-4,7-10H2. The number of unbranched alkanes of at least 4 members (excludes halogenated alkanes) is 1. The highest BCUT2D eigenvalue weighted by atomic mass is 35.5. The van der Waals surface area contributed by atoms with E-state index in [-0.39, 0.29) is 0 Å². The predicted molar refractivity (Wildman–Crippen MR) is 72.7 cm³/mol. The Morgan fingerprint density at radius 1 is 1.31 bits per heavy atom. The monoisotopic (exact) mass is 255 g/mol. The van der Waals surface area contributed by atoms with E-state index in [9.17, 15) is 0 Å². The summed E-state index contributed by atoms with van der Waals surface area (Å²) in [7, 11) is 0. The molecule has 1 heterocycles. The molecule has 3 heteroatoms. The maximum atomic E-state index is 5.64. The van der Waals surface area contributed by atoms with Crippen LogP contribution in [0.5, 0.6) is 0 Å². The van der Waals surface area contributed by atoms with Crippen LogP contribution in [0.25, 0.3) is 0 Å². The van der Waals surface area contributed by atoms with Gasteiger partial charge in [0.2, 0.25) is 0 Å². The fraction of sp³-hybridized carbons (Fsp3) is 0.538. The minimum atomic E-state index is 0.692. The lowest BCUT2D eigenvalue weighted by molar-refractivity contribution is 0.597. The summed E-state index contributed by atoms with van der Waals surface area (Å²) >= 11 is 7.63. The summed E-state index contributed by atoms with van der Waals surface area (Å²) in [6.45, 7) is 2.20. The van der Waals surface area contributed by atoms with Crippen LogP contribution in [0.15, 0.2) is 29.2 Å². The third-order valence-electron chi connectivity index (χ3n) is 2.93. The Labute approximate surface area is 107 Å². The van der Waals surface area contributed by atoms with Gasteiger partial charge >= 0.3 is 0 Å². The van der Waals surface area contributed by atoms with Crippen molar-refractivity contribution in [1.29, 1.82) is 0 Å². The number of hydrogen-bond donors (Lipinski definition) is 1. The van der Waals surface area contributed by atoms with E-state index in [0.717, 1.165) is 25.4 Å². The van der Waals surface area contributed by atoms with Crippen LogP contribution in [-0.4, -0.2) is 24.7 Å². The zero-order valence-electron chi connectivity index (χ0n) is 9.42. The van der Waals surface area contributed by atoms with E-state index in [4.69, 9.17) is 11.6 Å². The fourth-order valence-electron chi connectivity index (χ4n) is 2.02. The van der Waals surface area contributed by atoms with Gasteiger partial charge < -0.3 is 5.32 Å². The van der Waals surface area contributed by atoms with E-state index in [2.05, 4.69) is 29.6 Å². The molecule has 1 aliphatic heterocycles. The summed E-state index contributed by atoms with van der Waals surface area (Å²) in [6.07, 6.45) is 2.30.